The van der Waals surface area contributed by atoms with Crippen LogP contribution in [0.25, 0.3) is 0 Å². The molecule has 0 saturated carbocycles. The van der Waals surface area contributed by atoms with Crippen molar-refractivity contribution in [2.24, 2.45) is 0 Å². The number of hydrogen-bond donors (Lipinski definition) is 1. The minimum absolute atomic E-state index is 0.0224. The van der Waals surface area contributed by atoms with E-state index in [1.54, 1.807) is 6.07 Å². The van der Waals surface area contributed by atoms with Crippen LogP contribution in [-0.2, 0) is 23.0 Å². The number of ketones is 1. The Hall–Kier alpha value is -2.01. The highest BCUT2D eigenvalue weighted by Gasteiger charge is 2.15. The van der Waals surface area contributed by atoms with Gasteiger partial charge in [-0.2, -0.15) is 0 Å². The van der Waals surface area contributed by atoms with Crippen molar-refractivity contribution in [3.63, 3.8) is 0 Å². The van der Waals surface area contributed by atoms with Crippen LogP contribution in [0.15, 0.2) is 47.6 Å². The van der Waals surface area contributed by atoms with Crippen molar-refractivity contribution in [1.82, 2.24) is 19.5 Å². The number of thioether (sulfide) groups is 1. The quantitative estimate of drug-likeness (QED) is 0.377. The maximum absolute atomic E-state index is 12.6. The number of sulfonamides is 1. The molecule has 7 nitrogen and oxygen atoms in total. The molecule has 0 amide bonds. The van der Waals surface area contributed by atoms with Crippen LogP contribution in [0.5, 0.6) is 0 Å². The molecule has 0 radical (unpaired) electrons. The van der Waals surface area contributed by atoms with Crippen LogP contribution >= 0.6 is 23.1 Å². The van der Waals surface area contributed by atoms with Gasteiger partial charge in [0.25, 0.3) is 0 Å². The summed E-state index contributed by atoms with van der Waals surface area (Å²) >= 11 is 2.77. The number of aryl methyl sites for hydroxylation is 1. The first kappa shape index (κ1) is 21.7. The molecular weight excluding hydrogens is 428 g/mol. The van der Waals surface area contributed by atoms with Crippen LogP contribution in [-0.4, -0.2) is 47.5 Å². The first-order valence-corrected chi connectivity index (χ1v) is 12.6. The number of rotatable bonds is 10. The maximum Gasteiger partial charge on any atom is 0.208 e. The van der Waals surface area contributed by atoms with Crippen LogP contribution < -0.4 is 4.72 Å². The second kappa shape index (κ2) is 9.66. The molecule has 154 valence electrons. The minimum atomic E-state index is -3.20. The molecule has 0 spiro atoms. The lowest BCUT2D eigenvalue weighted by atomic mass is 10.2. The molecule has 0 saturated heterocycles. The van der Waals surface area contributed by atoms with Gasteiger partial charge in [0.1, 0.15) is 5.82 Å². The SMILES string of the molecule is Cc1nnc(SCC(=O)c2ccc(CCNS(C)(=O)=O)s2)n1Cc1ccccc1. The average molecular weight is 451 g/mol. The summed E-state index contributed by atoms with van der Waals surface area (Å²) < 4.78 is 26.7. The lowest BCUT2D eigenvalue weighted by Gasteiger charge is -2.08. The van der Waals surface area contributed by atoms with Crippen LogP contribution in [0.2, 0.25) is 0 Å². The number of Topliss-reactive ketones (excluding diaryl/α,β-unsaturated/α-hetero) is 1. The molecule has 0 fully saturated rings. The molecule has 0 unspecified atom stereocenters. The monoisotopic (exact) mass is 450 g/mol. The highest BCUT2D eigenvalue weighted by atomic mass is 32.2. The number of benzene rings is 1. The summed E-state index contributed by atoms with van der Waals surface area (Å²) in [4.78, 5) is 14.2. The van der Waals surface area contributed by atoms with Gasteiger partial charge in [-0.15, -0.1) is 21.5 Å². The van der Waals surface area contributed by atoms with E-state index in [1.165, 1.54) is 23.1 Å². The van der Waals surface area contributed by atoms with E-state index in [0.717, 1.165) is 22.5 Å². The van der Waals surface area contributed by atoms with Crippen molar-refractivity contribution >= 4 is 38.9 Å². The predicted octanol–water partition coefficient (Wildman–Crippen LogP) is 2.76. The normalized spacial score (nSPS) is 11.7. The third-order valence-electron chi connectivity index (χ3n) is 4.09. The Labute approximate surface area is 178 Å². The Bertz CT molecular complexity index is 1080. The Morgan fingerprint density at radius 1 is 1.17 bits per heavy atom. The molecule has 1 aromatic carbocycles. The molecule has 0 bridgehead atoms. The fourth-order valence-corrected chi connectivity index (χ4v) is 5.02. The Kier molecular flexibility index (Phi) is 7.23. The lowest BCUT2D eigenvalue weighted by Crippen LogP contribution is -2.23. The van der Waals surface area contributed by atoms with Gasteiger partial charge < -0.3 is 4.57 Å². The number of nitrogens with zero attached hydrogens (tertiary/aromatic N) is 3. The molecule has 0 atom stereocenters. The van der Waals surface area contributed by atoms with E-state index in [4.69, 9.17) is 0 Å². The molecule has 29 heavy (non-hydrogen) atoms. The fraction of sp³-hybridized carbons (Fsp3) is 0.316. The summed E-state index contributed by atoms with van der Waals surface area (Å²) in [6, 6.07) is 13.7. The van der Waals surface area contributed by atoms with Gasteiger partial charge in [-0.05, 0) is 31.0 Å². The second-order valence-corrected chi connectivity index (χ2v) is 10.4. The fourth-order valence-electron chi connectivity index (χ4n) is 2.64. The van der Waals surface area contributed by atoms with E-state index in [2.05, 4.69) is 14.9 Å². The first-order chi connectivity index (χ1) is 13.8. The maximum atomic E-state index is 12.6. The zero-order valence-electron chi connectivity index (χ0n) is 16.2. The van der Waals surface area contributed by atoms with Crippen molar-refractivity contribution in [1.29, 1.82) is 0 Å². The summed E-state index contributed by atoms with van der Waals surface area (Å²) in [6.07, 6.45) is 1.69. The largest absolute Gasteiger partial charge is 0.302 e. The third-order valence-corrected chi connectivity index (χ3v) is 6.97. The Morgan fingerprint density at radius 3 is 2.66 bits per heavy atom. The van der Waals surface area contributed by atoms with Gasteiger partial charge in [-0.1, -0.05) is 42.1 Å². The smallest absolute Gasteiger partial charge is 0.208 e. The molecule has 1 N–H and O–H groups in total. The van der Waals surface area contributed by atoms with Crippen LogP contribution in [0, 0.1) is 6.92 Å². The van der Waals surface area contributed by atoms with Crippen molar-refractivity contribution in [3.05, 3.63) is 63.6 Å². The number of carbonyl (C=O) groups excluding carboxylic acids is 1. The molecule has 0 aliphatic heterocycles. The molecule has 0 aliphatic rings. The van der Waals surface area contributed by atoms with E-state index < -0.39 is 10.0 Å². The number of aromatic nitrogens is 3. The number of thiophene rings is 1. The van der Waals surface area contributed by atoms with E-state index in [0.29, 0.717) is 29.5 Å². The van der Waals surface area contributed by atoms with Crippen LogP contribution in [0.1, 0.15) is 25.9 Å². The van der Waals surface area contributed by atoms with Gasteiger partial charge in [0.2, 0.25) is 10.0 Å². The van der Waals surface area contributed by atoms with Crippen LogP contribution in [0.4, 0.5) is 0 Å². The average Bonchev–Trinajstić information content (AvgIpc) is 3.28. The highest BCUT2D eigenvalue weighted by molar-refractivity contribution is 7.99. The standard InChI is InChI=1S/C19H22N4O3S3/c1-14-21-22-19(23(14)12-15-6-4-3-5-7-15)27-13-17(24)18-9-8-16(28-18)10-11-20-29(2,25)26/h3-9,20H,10-13H2,1-2H3. The van der Waals surface area contributed by atoms with Gasteiger partial charge >= 0.3 is 0 Å². The predicted molar refractivity (Wildman–Crippen MR) is 116 cm³/mol. The first-order valence-electron chi connectivity index (χ1n) is 8.95. The van der Waals surface area contributed by atoms with Gasteiger partial charge in [0.05, 0.1) is 23.4 Å². The minimum Gasteiger partial charge on any atom is -0.302 e. The molecule has 3 aromatic rings. The van der Waals surface area contributed by atoms with E-state index in [-0.39, 0.29) is 11.5 Å². The van der Waals surface area contributed by atoms with Crippen LogP contribution in [0.3, 0.4) is 0 Å². The second-order valence-electron chi connectivity index (χ2n) is 6.50. The van der Waals surface area contributed by atoms with Crippen molar-refractivity contribution in [2.75, 3.05) is 18.6 Å². The van der Waals surface area contributed by atoms with Gasteiger partial charge in [0.15, 0.2) is 10.9 Å². The van der Waals surface area contributed by atoms with E-state index in [1.807, 2.05) is 47.9 Å². The van der Waals surface area contributed by atoms with Gasteiger partial charge in [0, 0.05) is 11.4 Å². The molecular formula is C19H22N4O3S3. The molecule has 2 heterocycles. The summed E-state index contributed by atoms with van der Waals surface area (Å²) in [6.45, 7) is 2.88. The van der Waals surface area contributed by atoms with Gasteiger partial charge in [-0.25, -0.2) is 13.1 Å². The molecule has 3 rings (SSSR count). The van der Waals surface area contributed by atoms with Crippen molar-refractivity contribution < 1.29 is 13.2 Å². The third kappa shape index (κ3) is 6.49. The lowest BCUT2D eigenvalue weighted by molar-refractivity contribution is 0.102. The highest BCUT2D eigenvalue weighted by Crippen LogP contribution is 2.23. The Balaban J connectivity index is 1.57. The number of carbonyl (C=O) groups is 1. The molecule has 0 aliphatic carbocycles. The number of nitrogens with one attached hydrogen (secondary N) is 1. The molecule has 10 heteroatoms. The van der Waals surface area contributed by atoms with Gasteiger partial charge in [-0.3, -0.25) is 4.79 Å². The van der Waals surface area contributed by atoms with E-state index >= 15 is 0 Å². The topological polar surface area (TPSA) is 94.0 Å². The molecule has 2 aromatic heterocycles. The zero-order valence-corrected chi connectivity index (χ0v) is 18.6. The number of hydrogen-bond acceptors (Lipinski definition) is 7. The summed E-state index contributed by atoms with van der Waals surface area (Å²) in [7, 11) is -3.20. The van der Waals surface area contributed by atoms with Crippen molar-refractivity contribution in [2.45, 2.75) is 25.0 Å². The zero-order chi connectivity index (χ0) is 20.9. The van der Waals surface area contributed by atoms with E-state index in [9.17, 15) is 13.2 Å². The van der Waals surface area contributed by atoms with Crippen molar-refractivity contribution in [3.8, 4) is 0 Å². The summed E-state index contributed by atoms with van der Waals surface area (Å²) in [5, 5.41) is 9.07. The summed E-state index contributed by atoms with van der Waals surface area (Å²) in [5.41, 5.74) is 1.15. The Morgan fingerprint density at radius 2 is 1.93 bits per heavy atom. The summed E-state index contributed by atoms with van der Waals surface area (Å²) in [5.74, 6) is 1.10.